The number of amides is 4. The standard InChI is InChI=1S/C32H26N2O6/c1-3-39-31(37)23-12-15-24(16-13-23)34-30(36)27(29(35)33-32(34)38)18-26-25-7-5-4-6-22(25)14-17-28(26)40-19-21-10-8-20(2)9-11-21/h4-18H,3,19H2,1-2H3,(H,33,35,38)/b27-18+. The maximum Gasteiger partial charge on any atom is 0.338 e. The maximum atomic E-state index is 13.6. The van der Waals surface area contributed by atoms with Gasteiger partial charge in [-0.15, -0.1) is 0 Å². The quantitative estimate of drug-likeness (QED) is 0.189. The Morgan fingerprint density at radius 3 is 2.35 bits per heavy atom. The van der Waals surface area contributed by atoms with Crippen molar-refractivity contribution in [1.82, 2.24) is 5.32 Å². The number of urea groups is 1. The minimum Gasteiger partial charge on any atom is -0.488 e. The van der Waals surface area contributed by atoms with E-state index < -0.39 is 23.8 Å². The van der Waals surface area contributed by atoms with Crippen molar-refractivity contribution in [3.63, 3.8) is 0 Å². The van der Waals surface area contributed by atoms with Crippen LogP contribution >= 0.6 is 0 Å². The lowest BCUT2D eigenvalue weighted by atomic mass is 9.99. The van der Waals surface area contributed by atoms with Crippen molar-refractivity contribution in [2.24, 2.45) is 0 Å². The third kappa shape index (κ3) is 5.33. The monoisotopic (exact) mass is 534 g/mol. The highest BCUT2D eigenvalue weighted by atomic mass is 16.5. The van der Waals surface area contributed by atoms with Gasteiger partial charge in [-0.3, -0.25) is 14.9 Å². The molecule has 8 nitrogen and oxygen atoms in total. The smallest absolute Gasteiger partial charge is 0.338 e. The molecule has 40 heavy (non-hydrogen) atoms. The Hall–Kier alpha value is -5.24. The molecule has 1 heterocycles. The van der Waals surface area contributed by atoms with Crippen LogP contribution in [-0.4, -0.2) is 30.4 Å². The van der Waals surface area contributed by atoms with Crippen LogP contribution in [0.2, 0.25) is 0 Å². The van der Waals surface area contributed by atoms with Gasteiger partial charge in [-0.05, 0) is 66.6 Å². The molecule has 4 aromatic rings. The van der Waals surface area contributed by atoms with E-state index in [1.54, 1.807) is 13.0 Å². The third-order valence-corrected chi connectivity index (χ3v) is 6.47. The summed E-state index contributed by atoms with van der Waals surface area (Å²) in [7, 11) is 0. The van der Waals surface area contributed by atoms with E-state index in [9.17, 15) is 19.2 Å². The second-order valence-corrected chi connectivity index (χ2v) is 9.20. The normalized spacial score (nSPS) is 14.4. The first-order valence-corrected chi connectivity index (χ1v) is 12.7. The van der Waals surface area contributed by atoms with E-state index >= 15 is 0 Å². The van der Waals surface area contributed by atoms with Crippen molar-refractivity contribution < 1.29 is 28.7 Å². The van der Waals surface area contributed by atoms with Crippen molar-refractivity contribution >= 4 is 46.4 Å². The lowest BCUT2D eigenvalue weighted by Gasteiger charge is -2.26. The molecule has 4 amide bonds. The van der Waals surface area contributed by atoms with Gasteiger partial charge in [-0.1, -0.05) is 60.2 Å². The van der Waals surface area contributed by atoms with Gasteiger partial charge in [-0.2, -0.15) is 0 Å². The molecule has 0 saturated carbocycles. The van der Waals surface area contributed by atoms with E-state index in [2.05, 4.69) is 5.32 Å². The second-order valence-electron chi connectivity index (χ2n) is 9.20. The highest BCUT2D eigenvalue weighted by Gasteiger charge is 2.37. The molecule has 0 atom stereocenters. The topological polar surface area (TPSA) is 102 Å². The van der Waals surface area contributed by atoms with Crippen LogP contribution < -0.4 is 15.0 Å². The van der Waals surface area contributed by atoms with E-state index in [0.717, 1.165) is 26.8 Å². The zero-order chi connectivity index (χ0) is 28.2. The van der Waals surface area contributed by atoms with Crippen LogP contribution in [0, 0.1) is 6.92 Å². The summed E-state index contributed by atoms with van der Waals surface area (Å²) >= 11 is 0. The molecule has 200 valence electrons. The Morgan fingerprint density at radius 2 is 1.62 bits per heavy atom. The molecule has 1 fully saturated rings. The number of benzene rings is 4. The number of esters is 1. The number of aryl methyl sites for hydroxylation is 1. The molecule has 5 rings (SSSR count). The van der Waals surface area contributed by atoms with Gasteiger partial charge in [-0.25, -0.2) is 14.5 Å². The lowest BCUT2D eigenvalue weighted by molar-refractivity contribution is -0.122. The lowest BCUT2D eigenvalue weighted by Crippen LogP contribution is -2.54. The first-order chi connectivity index (χ1) is 19.4. The number of barbiturate groups is 1. The van der Waals surface area contributed by atoms with Crippen LogP contribution in [0.15, 0.2) is 90.5 Å². The molecular formula is C32H26N2O6. The molecule has 1 aliphatic rings. The number of fused-ring (bicyclic) bond motifs is 1. The number of rotatable bonds is 7. The van der Waals surface area contributed by atoms with Crippen LogP contribution in [0.1, 0.15) is 34.0 Å². The molecule has 1 saturated heterocycles. The minimum atomic E-state index is -0.884. The first-order valence-electron chi connectivity index (χ1n) is 12.7. The van der Waals surface area contributed by atoms with E-state index in [-0.39, 0.29) is 30.0 Å². The Labute approximate surface area is 230 Å². The highest BCUT2D eigenvalue weighted by molar-refractivity contribution is 6.39. The zero-order valence-electron chi connectivity index (χ0n) is 22.0. The fourth-order valence-electron chi connectivity index (χ4n) is 4.39. The summed E-state index contributed by atoms with van der Waals surface area (Å²) < 4.78 is 11.1. The summed E-state index contributed by atoms with van der Waals surface area (Å²) in [6.45, 7) is 4.21. The Bertz CT molecular complexity index is 1660. The van der Waals surface area contributed by atoms with E-state index in [1.807, 2.05) is 61.5 Å². The number of imide groups is 2. The van der Waals surface area contributed by atoms with E-state index in [0.29, 0.717) is 11.3 Å². The summed E-state index contributed by atoms with van der Waals surface area (Å²) in [6, 6.07) is 24.1. The number of carbonyl (C=O) groups is 4. The van der Waals surface area contributed by atoms with Crippen molar-refractivity contribution in [2.75, 3.05) is 11.5 Å². The number of ether oxygens (including phenoxy) is 2. The molecule has 0 spiro atoms. The summed E-state index contributed by atoms with van der Waals surface area (Å²) in [5, 5.41) is 3.91. The van der Waals surface area contributed by atoms with E-state index in [4.69, 9.17) is 9.47 Å². The number of hydrogen-bond donors (Lipinski definition) is 1. The fourth-order valence-corrected chi connectivity index (χ4v) is 4.39. The molecule has 8 heteroatoms. The molecule has 0 radical (unpaired) electrons. The molecule has 0 aromatic heterocycles. The largest absolute Gasteiger partial charge is 0.488 e. The first kappa shape index (κ1) is 26.4. The number of carbonyl (C=O) groups excluding carboxylic acids is 4. The van der Waals surface area contributed by atoms with Gasteiger partial charge >= 0.3 is 12.0 Å². The Balaban J connectivity index is 1.52. The Kier molecular flexibility index (Phi) is 7.41. The van der Waals surface area contributed by atoms with Crippen molar-refractivity contribution in [1.29, 1.82) is 0 Å². The minimum absolute atomic E-state index is 0.197. The van der Waals surface area contributed by atoms with Gasteiger partial charge in [0, 0.05) is 5.56 Å². The molecule has 1 aliphatic heterocycles. The Morgan fingerprint density at radius 1 is 0.900 bits per heavy atom. The van der Waals surface area contributed by atoms with Crippen molar-refractivity contribution in [3.8, 4) is 5.75 Å². The molecule has 0 bridgehead atoms. The molecule has 0 aliphatic carbocycles. The SMILES string of the molecule is CCOC(=O)c1ccc(N2C(=O)NC(=O)/C(=C\c3c(OCc4ccc(C)cc4)ccc4ccccc34)C2=O)cc1. The summed E-state index contributed by atoms with van der Waals surface area (Å²) in [6.07, 6.45) is 1.46. The highest BCUT2D eigenvalue weighted by Crippen LogP contribution is 2.32. The van der Waals surface area contributed by atoms with Gasteiger partial charge in [0.05, 0.1) is 17.9 Å². The zero-order valence-corrected chi connectivity index (χ0v) is 22.0. The van der Waals surface area contributed by atoms with Gasteiger partial charge < -0.3 is 9.47 Å². The molecule has 0 unspecified atom stereocenters. The average molecular weight is 535 g/mol. The van der Waals surface area contributed by atoms with Crippen LogP contribution in [0.4, 0.5) is 10.5 Å². The maximum absolute atomic E-state index is 13.6. The number of nitrogens with one attached hydrogen (secondary N) is 1. The third-order valence-electron chi connectivity index (χ3n) is 6.47. The van der Waals surface area contributed by atoms with Gasteiger partial charge in [0.25, 0.3) is 11.8 Å². The van der Waals surface area contributed by atoms with Gasteiger partial charge in [0.15, 0.2) is 0 Å². The molecule has 4 aromatic carbocycles. The molecular weight excluding hydrogens is 508 g/mol. The molecule has 1 N–H and O–H groups in total. The number of anilines is 1. The van der Waals surface area contributed by atoms with Gasteiger partial charge in [0.1, 0.15) is 17.9 Å². The summed E-state index contributed by atoms with van der Waals surface area (Å²) in [4.78, 5) is 52.1. The number of hydrogen-bond acceptors (Lipinski definition) is 6. The predicted molar refractivity (Wildman–Crippen MR) is 151 cm³/mol. The van der Waals surface area contributed by atoms with Crippen LogP contribution in [0.25, 0.3) is 16.8 Å². The van der Waals surface area contributed by atoms with Crippen LogP contribution in [-0.2, 0) is 20.9 Å². The fraction of sp³-hybridized carbons (Fsp3) is 0.125. The van der Waals surface area contributed by atoms with Gasteiger partial charge in [0.2, 0.25) is 0 Å². The van der Waals surface area contributed by atoms with Crippen molar-refractivity contribution in [3.05, 3.63) is 113 Å². The average Bonchev–Trinajstić information content (AvgIpc) is 2.95. The predicted octanol–water partition coefficient (Wildman–Crippen LogP) is 5.57. The summed E-state index contributed by atoms with van der Waals surface area (Å²) in [5.41, 5.74) is 2.88. The van der Waals surface area contributed by atoms with E-state index in [1.165, 1.54) is 30.3 Å². The van der Waals surface area contributed by atoms with Crippen molar-refractivity contribution in [2.45, 2.75) is 20.5 Å². The van der Waals surface area contributed by atoms with Crippen LogP contribution in [0.5, 0.6) is 5.75 Å². The summed E-state index contributed by atoms with van der Waals surface area (Å²) in [5.74, 6) is -1.65. The number of nitrogens with zero attached hydrogens (tertiary/aromatic N) is 1. The second kappa shape index (κ2) is 11.2. The van der Waals surface area contributed by atoms with Crippen LogP contribution in [0.3, 0.4) is 0 Å².